The first kappa shape index (κ1) is 13.8. The van der Waals surface area contributed by atoms with E-state index in [2.05, 4.69) is 26.1 Å². The van der Waals surface area contributed by atoms with Crippen LogP contribution in [0.25, 0.3) is 0 Å². The quantitative estimate of drug-likeness (QED) is 0.750. The smallest absolute Gasteiger partial charge is 0.230 e. The number of carbonyl (C=O) groups excluding carboxylic acids is 1. The third kappa shape index (κ3) is 5.75. The molecule has 1 unspecified atom stereocenters. The van der Waals surface area contributed by atoms with Crippen LogP contribution in [-0.2, 0) is 4.79 Å². The molecule has 0 aromatic carbocycles. The number of rotatable bonds is 6. The molecule has 4 heteroatoms. The Morgan fingerprint density at radius 2 is 2.12 bits per heavy atom. The first-order valence-electron chi connectivity index (χ1n) is 5.96. The van der Waals surface area contributed by atoms with Gasteiger partial charge in [0.1, 0.15) is 0 Å². The van der Waals surface area contributed by atoms with E-state index in [4.69, 9.17) is 5.11 Å². The lowest BCUT2D eigenvalue weighted by Gasteiger charge is -2.20. The second kappa shape index (κ2) is 5.92. The van der Waals surface area contributed by atoms with Gasteiger partial charge in [0, 0.05) is 17.4 Å². The molecule has 0 heterocycles. The summed E-state index contributed by atoms with van der Waals surface area (Å²) in [5.41, 5.74) is 0. The zero-order chi connectivity index (χ0) is 12.2. The Labute approximate surface area is 102 Å². The number of carbonyl (C=O) groups is 1. The number of thioether (sulfide) groups is 1. The fourth-order valence-electron chi connectivity index (χ4n) is 1.59. The Morgan fingerprint density at radius 1 is 1.50 bits per heavy atom. The highest BCUT2D eigenvalue weighted by Crippen LogP contribution is 2.34. The van der Waals surface area contributed by atoms with Gasteiger partial charge < -0.3 is 10.4 Å². The van der Waals surface area contributed by atoms with E-state index in [0.717, 1.165) is 0 Å². The summed E-state index contributed by atoms with van der Waals surface area (Å²) in [4.78, 5) is 11.7. The fourth-order valence-corrected chi connectivity index (χ4v) is 2.24. The van der Waals surface area contributed by atoms with Crippen LogP contribution >= 0.6 is 11.8 Å². The minimum absolute atomic E-state index is 0.102. The van der Waals surface area contributed by atoms with E-state index in [1.54, 1.807) is 11.8 Å². The lowest BCUT2D eigenvalue weighted by Crippen LogP contribution is -2.38. The topological polar surface area (TPSA) is 49.3 Å². The van der Waals surface area contributed by atoms with Crippen molar-refractivity contribution >= 4 is 17.7 Å². The molecule has 3 nitrogen and oxygen atoms in total. The Hall–Kier alpha value is -0.220. The van der Waals surface area contributed by atoms with Gasteiger partial charge in [-0.05, 0) is 25.2 Å². The maximum absolute atomic E-state index is 11.7. The molecule has 2 N–H and O–H groups in total. The SMILES string of the molecule is CC(C)(C)SCC(=O)NC(CCO)C1CC1. The van der Waals surface area contributed by atoms with Crippen LogP contribution in [0.15, 0.2) is 0 Å². The second-order valence-electron chi connectivity index (χ2n) is 5.42. The molecule has 0 aromatic rings. The van der Waals surface area contributed by atoms with Crippen molar-refractivity contribution in [3.8, 4) is 0 Å². The van der Waals surface area contributed by atoms with E-state index >= 15 is 0 Å². The molecule has 94 valence electrons. The van der Waals surface area contributed by atoms with Crippen LogP contribution in [0.2, 0.25) is 0 Å². The third-order valence-corrected chi connectivity index (χ3v) is 3.89. The highest BCUT2D eigenvalue weighted by molar-refractivity contribution is 8.01. The summed E-state index contributed by atoms with van der Waals surface area (Å²) < 4.78 is 0.128. The van der Waals surface area contributed by atoms with E-state index in [1.165, 1.54) is 12.8 Å². The van der Waals surface area contributed by atoms with Crippen molar-refractivity contribution in [2.75, 3.05) is 12.4 Å². The van der Waals surface area contributed by atoms with Gasteiger partial charge in [0.05, 0.1) is 5.75 Å². The van der Waals surface area contributed by atoms with Gasteiger partial charge in [0.15, 0.2) is 0 Å². The van der Waals surface area contributed by atoms with Gasteiger partial charge in [-0.3, -0.25) is 4.79 Å². The molecule has 1 amide bonds. The lowest BCUT2D eigenvalue weighted by molar-refractivity contribution is -0.119. The van der Waals surface area contributed by atoms with E-state index in [0.29, 0.717) is 18.1 Å². The van der Waals surface area contributed by atoms with Crippen molar-refractivity contribution < 1.29 is 9.90 Å². The monoisotopic (exact) mass is 245 g/mol. The van der Waals surface area contributed by atoms with Crippen LogP contribution < -0.4 is 5.32 Å². The lowest BCUT2D eigenvalue weighted by atomic mass is 10.1. The average Bonchev–Trinajstić information content (AvgIpc) is 2.96. The zero-order valence-electron chi connectivity index (χ0n) is 10.5. The number of hydrogen-bond acceptors (Lipinski definition) is 3. The molecule has 1 rings (SSSR count). The summed E-state index contributed by atoms with van der Waals surface area (Å²) in [7, 11) is 0. The molecule has 1 atom stereocenters. The van der Waals surface area contributed by atoms with Crippen LogP contribution in [0.1, 0.15) is 40.0 Å². The number of amides is 1. The van der Waals surface area contributed by atoms with Gasteiger partial charge in [-0.15, -0.1) is 11.8 Å². The van der Waals surface area contributed by atoms with Gasteiger partial charge >= 0.3 is 0 Å². The third-order valence-electron chi connectivity index (χ3n) is 2.61. The number of hydrogen-bond donors (Lipinski definition) is 2. The summed E-state index contributed by atoms with van der Waals surface area (Å²) >= 11 is 1.66. The van der Waals surface area contributed by atoms with Crippen LogP contribution in [0, 0.1) is 5.92 Å². The minimum Gasteiger partial charge on any atom is -0.396 e. The van der Waals surface area contributed by atoms with Crippen LogP contribution in [0.3, 0.4) is 0 Å². The molecule has 16 heavy (non-hydrogen) atoms. The standard InChI is InChI=1S/C12H23NO2S/c1-12(2,3)16-8-11(15)13-10(6-7-14)9-4-5-9/h9-10,14H,4-8H2,1-3H3,(H,13,15). The Bertz CT molecular complexity index is 234. The molecule has 1 aliphatic rings. The van der Waals surface area contributed by atoms with Crippen molar-refractivity contribution in [2.45, 2.75) is 50.8 Å². The van der Waals surface area contributed by atoms with Crippen LogP contribution in [-0.4, -0.2) is 34.2 Å². The van der Waals surface area contributed by atoms with Gasteiger partial charge in [-0.25, -0.2) is 0 Å². The molecule has 0 bridgehead atoms. The first-order valence-corrected chi connectivity index (χ1v) is 6.95. The summed E-state index contributed by atoms with van der Waals surface area (Å²) in [6, 6.07) is 0.193. The van der Waals surface area contributed by atoms with E-state index < -0.39 is 0 Å². The van der Waals surface area contributed by atoms with Crippen LogP contribution in [0.5, 0.6) is 0 Å². The molecule has 0 radical (unpaired) electrons. The normalized spacial score (nSPS) is 18.2. The largest absolute Gasteiger partial charge is 0.396 e. The molecule has 0 saturated heterocycles. The predicted molar refractivity (Wildman–Crippen MR) is 68.6 cm³/mol. The summed E-state index contributed by atoms with van der Waals surface area (Å²) in [5, 5.41) is 12.0. The second-order valence-corrected chi connectivity index (χ2v) is 7.23. The Morgan fingerprint density at radius 3 is 2.56 bits per heavy atom. The molecular formula is C12H23NO2S. The maximum Gasteiger partial charge on any atom is 0.230 e. The summed E-state index contributed by atoms with van der Waals surface area (Å²) in [6.45, 7) is 6.49. The van der Waals surface area contributed by atoms with Crippen LogP contribution in [0.4, 0.5) is 0 Å². The maximum atomic E-state index is 11.7. The number of nitrogens with one attached hydrogen (secondary N) is 1. The van der Waals surface area contributed by atoms with Crippen molar-refractivity contribution in [3.05, 3.63) is 0 Å². The molecule has 0 spiro atoms. The van der Waals surface area contributed by atoms with Crippen molar-refractivity contribution in [1.82, 2.24) is 5.32 Å². The highest BCUT2D eigenvalue weighted by atomic mass is 32.2. The van der Waals surface area contributed by atoms with Gasteiger partial charge in [-0.1, -0.05) is 20.8 Å². The van der Waals surface area contributed by atoms with E-state index in [1.807, 2.05) is 0 Å². The molecule has 0 aliphatic heterocycles. The predicted octanol–water partition coefficient (Wildman–Crippen LogP) is 1.80. The van der Waals surface area contributed by atoms with Crippen molar-refractivity contribution in [1.29, 1.82) is 0 Å². The van der Waals surface area contributed by atoms with E-state index in [9.17, 15) is 4.79 Å². The van der Waals surface area contributed by atoms with E-state index in [-0.39, 0.29) is 23.3 Å². The average molecular weight is 245 g/mol. The molecule has 1 fully saturated rings. The molecule has 1 aliphatic carbocycles. The molecule has 1 saturated carbocycles. The molecular weight excluding hydrogens is 222 g/mol. The Balaban J connectivity index is 2.25. The van der Waals surface area contributed by atoms with Crippen molar-refractivity contribution in [2.24, 2.45) is 5.92 Å². The van der Waals surface area contributed by atoms with Gasteiger partial charge in [-0.2, -0.15) is 0 Å². The fraction of sp³-hybridized carbons (Fsp3) is 0.917. The first-order chi connectivity index (χ1) is 7.42. The summed E-state index contributed by atoms with van der Waals surface area (Å²) in [5.74, 6) is 1.22. The van der Waals surface area contributed by atoms with Gasteiger partial charge in [0.2, 0.25) is 5.91 Å². The van der Waals surface area contributed by atoms with Gasteiger partial charge in [0.25, 0.3) is 0 Å². The minimum atomic E-state index is 0.102. The number of aliphatic hydroxyl groups is 1. The Kier molecular flexibility index (Phi) is 5.12. The highest BCUT2D eigenvalue weighted by Gasteiger charge is 2.31. The zero-order valence-corrected chi connectivity index (χ0v) is 11.3. The molecule has 0 aromatic heterocycles. The summed E-state index contributed by atoms with van der Waals surface area (Å²) in [6.07, 6.45) is 3.07. The van der Waals surface area contributed by atoms with Crippen molar-refractivity contribution in [3.63, 3.8) is 0 Å². The number of aliphatic hydroxyl groups excluding tert-OH is 1.